The molecule has 1 aliphatic rings. The van der Waals surface area contributed by atoms with Crippen molar-refractivity contribution in [2.45, 2.75) is 26.2 Å². The molecule has 3 heterocycles. The smallest absolute Gasteiger partial charge is 0.252 e. The molecule has 0 spiro atoms. The van der Waals surface area contributed by atoms with Crippen LogP contribution in [0.25, 0.3) is 10.9 Å². The van der Waals surface area contributed by atoms with Crippen molar-refractivity contribution >= 4 is 10.9 Å². The maximum absolute atomic E-state index is 13.5. The number of tetrazole rings is 1. The molecule has 10 heteroatoms. The number of H-pyrrole nitrogens is 1. The van der Waals surface area contributed by atoms with E-state index in [0.717, 1.165) is 16.5 Å². The van der Waals surface area contributed by atoms with E-state index in [4.69, 9.17) is 9.47 Å². The van der Waals surface area contributed by atoms with Crippen molar-refractivity contribution in [1.82, 2.24) is 30.1 Å². The molecule has 2 aromatic heterocycles. The fourth-order valence-corrected chi connectivity index (χ4v) is 4.58. The van der Waals surface area contributed by atoms with Gasteiger partial charge in [-0.25, -0.2) is 9.07 Å². The predicted molar refractivity (Wildman–Crippen MR) is 138 cm³/mol. The molecule has 1 N–H and O–H groups in total. The highest BCUT2D eigenvalue weighted by atomic mass is 19.1. The molecule has 9 nitrogen and oxygen atoms in total. The molecule has 0 saturated heterocycles. The summed E-state index contributed by atoms with van der Waals surface area (Å²) in [5.74, 6) is 1.64. The summed E-state index contributed by atoms with van der Waals surface area (Å²) in [6.45, 7) is 2.67. The van der Waals surface area contributed by atoms with Gasteiger partial charge in [-0.1, -0.05) is 42.5 Å². The fourth-order valence-electron chi connectivity index (χ4n) is 4.58. The summed E-state index contributed by atoms with van der Waals surface area (Å²) < 4.78 is 26.7. The van der Waals surface area contributed by atoms with Crippen molar-refractivity contribution in [3.05, 3.63) is 111 Å². The number of benzene rings is 3. The number of rotatable bonds is 8. The summed E-state index contributed by atoms with van der Waals surface area (Å²) in [5.41, 5.74) is 3.05. The van der Waals surface area contributed by atoms with Crippen molar-refractivity contribution in [2.75, 3.05) is 13.2 Å². The largest absolute Gasteiger partial charge is 0.486 e. The number of aromatic nitrogens is 5. The Morgan fingerprint density at radius 2 is 1.66 bits per heavy atom. The van der Waals surface area contributed by atoms with E-state index in [1.165, 1.54) is 12.1 Å². The van der Waals surface area contributed by atoms with Gasteiger partial charge in [-0.3, -0.25) is 9.69 Å². The van der Waals surface area contributed by atoms with Crippen molar-refractivity contribution in [1.29, 1.82) is 0 Å². The van der Waals surface area contributed by atoms with Gasteiger partial charge in [0.1, 0.15) is 19.0 Å². The highest BCUT2D eigenvalue weighted by molar-refractivity contribution is 5.83. The Morgan fingerprint density at radius 3 is 2.45 bits per heavy atom. The Balaban J connectivity index is 1.30. The second-order valence-electron chi connectivity index (χ2n) is 9.22. The summed E-state index contributed by atoms with van der Waals surface area (Å²) in [6.07, 6.45) is 0. The third kappa shape index (κ3) is 5.25. The zero-order valence-electron chi connectivity index (χ0n) is 20.5. The Labute approximate surface area is 217 Å². The Kier molecular flexibility index (Phi) is 6.53. The second kappa shape index (κ2) is 10.4. The number of nitrogens with one attached hydrogen (secondary N) is 1. The predicted octanol–water partition coefficient (Wildman–Crippen LogP) is 3.68. The maximum atomic E-state index is 13.5. The van der Waals surface area contributed by atoms with Crippen molar-refractivity contribution in [3.8, 4) is 11.5 Å². The first kappa shape index (κ1) is 23.8. The molecule has 0 aliphatic carbocycles. The molecule has 0 amide bonds. The normalized spacial score (nSPS) is 12.8. The topological polar surface area (TPSA) is 98.2 Å². The number of hydrogen-bond acceptors (Lipinski definition) is 7. The van der Waals surface area contributed by atoms with Gasteiger partial charge in [0.25, 0.3) is 5.56 Å². The molecule has 3 aromatic carbocycles. The molecule has 0 bridgehead atoms. The first-order valence-corrected chi connectivity index (χ1v) is 12.3. The average Bonchev–Trinajstić information content (AvgIpc) is 3.36. The lowest BCUT2D eigenvalue weighted by Crippen LogP contribution is -2.28. The first-order valence-electron chi connectivity index (χ1n) is 12.3. The van der Waals surface area contributed by atoms with Gasteiger partial charge in [-0.05, 0) is 45.8 Å². The van der Waals surface area contributed by atoms with E-state index in [9.17, 15) is 9.18 Å². The molecule has 5 aromatic rings. The lowest BCUT2D eigenvalue weighted by molar-refractivity contribution is 0.172. The van der Waals surface area contributed by atoms with Crippen LogP contribution in [0.5, 0.6) is 11.5 Å². The standard InChI is InChI=1S/C28H25FN6O3/c29-23-8-6-20(7-9-23)15-34(18-27-31-32-33-35(27)16-19-4-2-1-3-5-19)17-22-12-21-13-25-26(38-11-10-37-25)14-24(21)30-28(22)36/h1-9,12-14H,10-11,15-18H2,(H,30,36). The van der Waals surface area contributed by atoms with Gasteiger partial charge in [0.15, 0.2) is 17.3 Å². The quantitative estimate of drug-likeness (QED) is 0.339. The minimum atomic E-state index is -0.299. The molecule has 192 valence electrons. The monoisotopic (exact) mass is 512 g/mol. The van der Waals surface area contributed by atoms with Crippen LogP contribution in [0.2, 0.25) is 0 Å². The van der Waals surface area contributed by atoms with Crippen LogP contribution in [-0.4, -0.2) is 43.3 Å². The molecule has 0 saturated carbocycles. The minimum Gasteiger partial charge on any atom is -0.486 e. The number of nitrogens with zero attached hydrogens (tertiary/aromatic N) is 5. The third-order valence-electron chi connectivity index (χ3n) is 6.44. The molecule has 0 unspecified atom stereocenters. The zero-order chi connectivity index (χ0) is 25.9. The average molecular weight is 513 g/mol. The first-order chi connectivity index (χ1) is 18.6. The Morgan fingerprint density at radius 1 is 0.895 bits per heavy atom. The lowest BCUT2D eigenvalue weighted by Gasteiger charge is -2.22. The Hall–Kier alpha value is -4.57. The van der Waals surface area contributed by atoms with Crippen molar-refractivity contribution in [3.63, 3.8) is 0 Å². The van der Waals surface area contributed by atoms with Crippen LogP contribution >= 0.6 is 0 Å². The van der Waals surface area contributed by atoms with E-state index < -0.39 is 0 Å². The summed E-state index contributed by atoms with van der Waals surface area (Å²) in [6, 6.07) is 21.8. The van der Waals surface area contributed by atoms with Crippen LogP contribution in [0.3, 0.4) is 0 Å². The Bertz CT molecular complexity index is 1620. The molecule has 6 rings (SSSR count). The zero-order valence-corrected chi connectivity index (χ0v) is 20.5. The second-order valence-corrected chi connectivity index (χ2v) is 9.22. The number of hydrogen-bond donors (Lipinski definition) is 1. The molecule has 0 radical (unpaired) electrons. The summed E-state index contributed by atoms with van der Waals surface area (Å²) >= 11 is 0. The lowest BCUT2D eigenvalue weighted by atomic mass is 10.1. The van der Waals surface area contributed by atoms with Gasteiger partial charge in [0.05, 0.1) is 18.6 Å². The summed E-state index contributed by atoms with van der Waals surface area (Å²) in [5, 5.41) is 13.2. The van der Waals surface area contributed by atoms with Crippen LogP contribution in [-0.2, 0) is 26.2 Å². The molecular formula is C28H25FN6O3. The number of halogens is 1. The molecule has 1 aliphatic heterocycles. The number of fused-ring (bicyclic) bond motifs is 2. The van der Waals surface area contributed by atoms with E-state index >= 15 is 0 Å². The SMILES string of the molecule is O=c1[nH]c2cc3c(cc2cc1CN(Cc1ccc(F)cc1)Cc1nnnn1Cc1ccccc1)OCCO3. The third-order valence-corrected chi connectivity index (χ3v) is 6.44. The maximum Gasteiger partial charge on any atom is 0.252 e. The van der Waals surface area contributed by atoms with Gasteiger partial charge in [-0.15, -0.1) is 5.10 Å². The van der Waals surface area contributed by atoms with Crippen LogP contribution in [0, 0.1) is 5.82 Å². The van der Waals surface area contributed by atoms with Gasteiger partial charge in [0.2, 0.25) is 0 Å². The van der Waals surface area contributed by atoms with E-state index in [-0.39, 0.29) is 11.4 Å². The van der Waals surface area contributed by atoms with E-state index in [0.29, 0.717) is 67.8 Å². The van der Waals surface area contributed by atoms with Crippen LogP contribution in [0.4, 0.5) is 4.39 Å². The number of ether oxygens (including phenoxy) is 2. The van der Waals surface area contributed by atoms with Crippen molar-refractivity contribution in [2.24, 2.45) is 0 Å². The summed E-state index contributed by atoms with van der Waals surface area (Å²) in [4.78, 5) is 18.1. The van der Waals surface area contributed by atoms with E-state index in [1.54, 1.807) is 22.9 Å². The molecule has 0 fully saturated rings. The number of pyridine rings is 1. The summed E-state index contributed by atoms with van der Waals surface area (Å²) in [7, 11) is 0. The van der Waals surface area contributed by atoms with E-state index in [1.807, 2.05) is 42.5 Å². The van der Waals surface area contributed by atoms with Gasteiger partial charge >= 0.3 is 0 Å². The molecule has 0 atom stereocenters. The van der Waals surface area contributed by atoms with Gasteiger partial charge in [-0.2, -0.15) is 0 Å². The van der Waals surface area contributed by atoms with E-state index in [2.05, 4.69) is 25.4 Å². The highest BCUT2D eigenvalue weighted by Gasteiger charge is 2.18. The van der Waals surface area contributed by atoms with Crippen LogP contribution in [0.15, 0.2) is 77.6 Å². The number of aromatic amines is 1. The van der Waals surface area contributed by atoms with Gasteiger partial charge < -0.3 is 14.5 Å². The van der Waals surface area contributed by atoms with Crippen LogP contribution in [0.1, 0.15) is 22.5 Å². The minimum absolute atomic E-state index is 0.192. The molecular weight excluding hydrogens is 487 g/mol. The fraction of sp³-hybridized carbons (Fsp3) is 0.214. The highest BCUT2D eigenvalue weighted by Crippen LogP contribution is 2.33. The molecule has 38 heavy (non-hydrogen) atoms. The van der Waals surface area contributed by atoms with Crippen LogP contribution < -0.4 is 15.0 Å². The van der Waals surface area contributed by atoms with Gasteiger partial charge in [0, 0.05) is 30.1 Å². The van der Waals surface area contributed by atoms with Crippen molar-refractivity contribution < 1.29 is 13.9 Å².